The molecule has 0 saturated carbocycles. The van der Waals surface area contributed by atoms with Gasteiger partial charge in [-0.15, -0.1) is 0 Å². The number of hydrogen-bond donors (Lipinski definition) is 1. The predicted octanol–water partition coefficient (Wildman–Crippen LogP) is 1.06. The number of pyridine rings is 1. The molecule has 0 aliphatic heterocycles. The molecule has 6 heteroatoms. The fourth-order valence-electron chi connectivity index (χ4n) is 1.65. The number of nitrogens with zero attached hydrogens (tertiary/aromatic N) is 2. The molecular formula is C14H25N3O2S. The van der Waals surface area contributed by atoms with Crippen LogP contribution in [-0.2, 0) is 22.9 Å². The number of sulfone groups is 1. The Morgan fingerprint density at radius 1 is 1.35 bits per heavy atom. The quantitative estimate of drug-likeness (QED) is 0.777. The molecule has 1 heterocycles. The molecule has 0 spiro atoms. The first-order valence-corrected chi connectivity index (χ1v) is 8.86. The third-order valence-corrected chi connectivity index (χ3v) is 3.80. The van der Waals surface area contributed by atoms with Crippen LogP contribution in [0.25, 0.3) is 0 Å². The average Bonchev–Trinajstić information content (AvgIpc) is 2.35. The minimum absolute atomic E-state index is 0.180. The maximum Gasteiger partial charge on any atom is 0.148 e. The number of hydrogen-bond acceptors (Lipinski definition) is 5. The zero-order valence-electron chi connectivity index (χ0n) is 12.8. The van der Waals surface area contributed by atoms with Crippen LogP contribution in [0.15, 0.2) is 18.3 Å². The molecule has 1 rings (SSSR count). The minimum atomic E-state index is -2.90. The zero-order chi connectivity index (χ0) is 15.2. The summed E-state index contributed by atoms with van der Waals surface area (Å²) in [5, 5.41) is 3.34. The lowest BCUT2D eigenvalue weighted by Crippen LogP contribution is -2.25. The number of aromatic nitrogens is 1. The van der Waals surface area contributed by atoms with Gasteiger partial charge in [0.15, 0.2) is 0 Å². The van der Waals surface area contributed by atoms with Crippen molar-refractivity contribution < 1.29 is 8.42 Å². The van der Waals surface area contributed by atoms with Gasteiger partial charge in [0.2, 0.25) is 0 Å². The first-order valence-electron chi connectivity index (χ1n) is 6.80. The SMILES string of the molecule is CC(C)NCc1ccc(CN(C)CCS(C)(=O)=O)nc1. The molecule has 5 nitrogen and oxygen atoms in total. The summed E-state index contributed by atoms with van der Waals surface area (Å²) in [6.45, 7) is 6.22. The number of nitrogens with one attached hydrogen (secondary N) is 1. The van der Waals surface area contributed by atoms with E-state index in [0.29, 0.717) is 19.1 Å². The van der Waals surface area contributed by atoms with E-state index in [4.69, 9.17) is 0 Å². The summed E-state index contributed by atoms with van der Waals surface area (Å²) in [5.41, 5.74) is 2.11. The molecule has 20 heavy (non-hydrogen) atoms. The Morgan fingerprint density at radius 3 is 2.55 bits per heavy atom. The van der Waals surface area contributed by atoms with Crippen molar-refractivity contribution in [3.8, 4) is 0 Å². The van der Waals surface area contributed by atoms with Gasteiger partial charge in [-0.1, -0.05) is 19.9 Å². The van der Waals surface area contributed by atoms with E-state index in [1.165, 1.54) is 6.26 Å². The van der Waals surface area contributed by atoms with Crippen LogP contribution in [0.1, 0.15) is 25.1 Å². The molecule has 0 bridgehead atoms. The van der Waals surface area contributed by atoms with Crippen molar-refractivity contribution in [1.82, 2.24) is 15.2 Å². The van der Waals surface area contributed by atoms with E-state index >= 15 is 0 Å². The molecule has 1 N–H and O–H groups in total. The molecule has 114 valence electrons. The second-order valence-corrected chi connectivity index (χ2v) is 7.82. The fourth-order valence-corrected chi connectivity index (χ4v) is 2.30. The van der Waals surface area contributed by atoms with Crippen LogP contribution in [0.4, 0.5) is 0 Å². The highest BCUT2D eigenvalue weighted by molar-refractivity contribution is 7.90. The molecule has 1 aromatic rings. The normalized spacial score (nSPS) is 12.3. The molecule has 0 radical (unpaired) electrons. The molecule has 0 aromatic carbocycles. The second-order valence-electron chi connectivity index (χ2n) is 5.56. The lowest BCUT2D eigenvalue weighted by atomic mass is 10.2. The molecule has 0 amide bonds. The Hall–Kier alpha value is -0.980. The third-order valence-electron chi connectivity index (χ3n) is 2.88. The second kappa shape index (κ2) is 7.71. The smallest absolute Gasteiger partial charge is 0.148 e. The van der Waals surface area contributed by atoms with Crippen molar-refractivity contribution in [2.75, 3.05) is 25.6 Å². The Morgan fingerprint density at radius 2 is 2.05 bits per heavy atom. The van der Waals surface area contributed by atoms with Crippen LogP contribution in [0.2, 0.25) is 0 Å². The Kier molecular flexibility index (Phi) is 6.58. The largest absolute Gasteiger partial charge is 0.310 e. The third kappa shape index (κ3) is 7.57. The summed E-state index contributed by atoms with van der Waals surface area (Å²) in [5.74, 6) is 0.180. The van der Waals surface area contributed by atoms with Gasteiger partial charge in [-0.2, -0.15) is 0 Å². The van der Waals surface area contributed by atoms with Crippen LogP contribution >= 0.6 is 0 Å². The molecule has 0 unspecified atom stereocenters. The van der Waals surface area contributed by atoms with E-state index in [0.717, 1.165) is 17.8 Å². The summed E-state index contributed by atoms with van der Waals surface area (Å²) in [4.78, 5) is 6.38. The van der Waals surface area contributed by atoms with Gasteiger partial charge in [0, 0.05) is 38.1 Å². The molecule has 0 atom stereocenters. The van der Waals surface area contributed by atoms with Crippen molar-refractivity contribution in [2.45, 2.75) is 33.0 Å². The first kappa shape index (κ1) is 17.1. The van der Waals surface area contributed by atoms with Gasteiger partial charge in [0.1, 0.15) is 9.84 Å². The van der Waals surface area contributed by atoms with E-state index in [-0.39, 0.29) is 5.75 Å². The monoisotopic (exact) mass is 299 g/mol. The van der Waals surface area contributed by atoms with Crippen LogP contribution in [0.5, 0.6) is 0 Å². The Balaban J connectivity index is 2.44. The molecule has 0 saturated heterocycles. The van der Waals surface area contributed by atoms with E-state index < -0.39 is 9.84 Å². The highest BCUT2D eigenvalue weighted by Crippen LogP contribution is 2.03. The lowest BCUT2D eigenvalue weighted by molar-refractivity contribution is 0.342. The first-order chi connectivity index (χ1) is 9.26. The van der Waals surface area contributed by atoms with Crippen molar-refractivity contribution in [1.29, 1.82) is 0 Å². The van der Waals surface area contributed by atoms with E-state index in [2.05, 4.69) is 30.2 Å². The van der Waals surface area contributed by atoms with Gasteiger partial charge < -0.3 is 5.32 Å². The zero-order valence-corrected chi connectivity index (χ0v) is 13.6. The summed E-state index contributed by atoms with van der Waals surface area (Å²) in [6.07, 6.45) is 3.13. The van der Waals surface area contributed by atoms with Crippen molar-refractivity contribution >= 4 is 9.84 Å². The van der Waals surface area contributed by atoms with Crippen molar-refractivity contribution in [3.63, 3.8) is 0 Å². The van der Waals surface area contributed by atoms with Crippen molar-refractivity contribution in [2.24, 2.45) is 0 Å². The highest BCUT2D eigenvalue weighted by Gasteiger charge is 2.07. The standard InChI is InChI=1S/C14H25N3O2S/c1-12(2)15-9-13-5-6-14(16-10-13)11-17(3)7-8-20(4,18)19/h5-6,10,12,15H,7-9,11H2,1-4H3. The van der Waals surface area contributed by atoms with Gasteiger partial charge in [-0.05, 0) is 18.7 Å². The molecule has 1 aromatic heterocycles. The van der Waals surface area contributed by atoms with Gasteiger partial charge in [0.05, 0.1) is 11.4 Å². The summed E-state index contributed by atoms with van der Waals surface area (Å²) in [7, 11) is -1.00. The minimum Gasteiger partial charge on any atom is -0.310 e. The lowest BCUT2D eigenvalue weighted by Gasteiger charge is -2.15. The molecule has 0 aliphatic carbocycles. The molecular weight excluding hydrogens is 274 g/mol. The van der Waals surface area contributed by atoms with E-state index in [1.54, 1.807) is 0 Å². The maximum absolute atomic E-state index is 11.1. The maximum atomic E-state index is 11.1. The van der Waals surface area contributed by atoms with Crippen LogP contribution in [-0.4, -0.2) is 49.9 Å². The van der Waals surface area contributed by atoms with Crippen LogP contribution in [0.3, 0.4) is 0 Å². The van der Waals surface area contributed by atoms with E-state index in [1.807, 2.05) is 24.2 Å². The topological polar surface area (TPSA) is 62.3 Å². The van der Waals surface area contributed by atoms with Crippen molar-refractivity contribution in [3.05, 3.63) is 29.6 Å². The summed E-state index contributed by atoms with van der Waals surface area (Å²) < 4.78 is 22.2. The van der Waals surface area contributed by atoms with E-state index in [9.17, 15) is 8.42 Å². The summed E-state index contributed by atoms with van der Waals surface area (Å²) >= 11 is 0. The van der Waals surface area contributed by atoms with Gasteiger partial charge in [0.25, 0.3) is 0 Å². The Bertz CT molecular complexity index is 498. The highest BCUT2D eigenvalue weighted by atomic mass is 32.2. The van der Waals surface area contributed by atoms with Gasteiger partial charge >= 0.3 is 0 Å². The average molecular weight is 299 g/mol. The van der Waals surface area contributed by atoms with Crippen LogP contribution in [0, 0.1) is 0 Å². The van der Waals surface area contributed by atoms with Crippen LogP contribution < -0.4 is 5.32 Å². The molecule has 0 aliphatic rings. The number of rotatable bonds is 8. The van der Waals surface area contributed by atoms with Gasteiger partial charge in [-0.3, -0.25) is 9.88 Å². The Labute approximate surface area is 122 Å². The predicted molar refractivity (Wildman–Crippen MR) is 82.3 cm³/mol. The fraction of sp³-hybridized carbons (Fsp3) is 0.643. The molecule has 0 fully saturated rings. The summed E-state index contributed by atoms with van der Waals surface area (Å²) in [6, 6.07) is 4.51. The van der Waals surface area contributed by atoms with Gasteiger partial charge in [-0.25, -0.2) is 8.42 Å².